The van der Waals surface area contributed by atoms with Crippen LogP contribution in [0.5, 0.6) is 0 Å². The van der Waals surface area contributed by atoms with Gasteiger partial charge in [0.1, 0.15) is 5.60 Å². The van der Waals surface area contributed by atoms with Gasteiger partial charge in [0.2, 0.25) is 0 Å². The van der Waals surface area contributed by atoms with Gasteiger partial charge in [0.25, 0.3) is 5.91 Å². The highest BCUT2D eigenvalue weighted by molar-refractivity contribution is 14.1. The predicted molar refractivity (Wildman–Crippen MR) is 126 cm³/mol. The van der Waals surface area contributed by atoms with Crippen molar-refractivity contribution >= 4 is 46.0 Å². The number of halogens is 3. The average molecular weight is 561 g/mol. The number of ether oxygens (including phenoxy) is 1. The van der Waals surface area contributed by atoms with Gasteiger partial charge in [-0.3, -0.25) is 9.63 Å². The van der Waals surface area contributed by atoms with E-state index in [0.29, 0.717) is 5.69 Å². The third-order valence-corrected chi connectivity index (χ3v) is 4.86. The maximum absolute atomic E-state index is 14.5. The molecule has 0 bridgehead atoms. The van der Waals surface area contributed by atoms with Gasteiger partial charge in [-0.15, -0.1) is 0 Å². The van der Waals surface area contributed by atoms with Gasteiger partial charge in [-0.25, -0.2) is 19.1 Å². The second-order valence-corrected chi connectivity index (χ2v) is 9.30. The van der Waals surface area contributed by atoms with Crippen LogP contribution in [0.4, 0.5) is 25.0 Å². The van der Waals surface area contributed by atoms with E-state index in [1.807, 2.05) is 13.0 Å². The number of nitrogens with one attached hydrogen (secondary N) is 2. The maximum Gasteiger partial charge on any atom is 0.410 e. The predicted octanol–water partition coefficient (Wildman–Crippen LogP) is 5.15. The molecule has 174 valence electrons. The number of aryl methyl sites for hydroxylation is 1. The largest absolute Gasteiger partial charge is 0.444 e. The van der Waals surface area contributed by atoms with Crippen molar-refractivity contribution in [3.05, 3.63) is 56.7 Å². The average Bonchev–Trinajstić information content (AvgIpc) is 2.69. The topological polar surface area (TPSA) is 79.9 Å². The van der Waals surface area contributed by atoms with Crippen LogP contribution < -0.4 is 10.8 Å². The molecular formula is C22H26F2IN3O4. The normalized spacial score (nSPS) is 11.1. The lowest BCUT2D eigenvalue weighted by Crippen LogP contribution is -2.37. The first kappa shape index (κ1) is 25.8. The number of likely N-dealkylation sites (N-methyl/N-ethyl adjacent to an activating group) is 1. The van der Waals surface area contributed by atoms with Crippen molar-refractivity contribution in [2.24, 2.45) is 0 Å². The van der Waals surface area contributed by atoms with Crippen LogP contribution >= 0.6 is 22.6 Å². The lowest BCUT2D eigenvalue weighted by Gasteiger charge is -2.24. The third-order valence-electron chi connectivity index (χ3n) is 4.19. The van der Waals surface area contributed by atoms with Crippen LogP contribution in [0.25, 0.3) is 0 Å². The highest BCUT2D eigenvalue weighted by Crippen LogP contribution is 2.28. The zero-order valence-corrected chi connectivity index (χ0v) is 20.7. The monoisotopic (exact) mass is 561 g/mol. The van der Waals surface area contributed by atoms with Gasteiger partial charge >= 0.3 is 6.09 Å². The van der Waals surface area contributed by atoms with Gasteiger partial charge < -0.3 is 15.0 Å². The van der Waals surface area contributed by atoms with Gasteiger partial charge in [0, 0.05) is 22.8 Å². The summed E-state index contributed by atoms with van der Waals surface area (Å²) in [7, 11) is 1.53. The van der Waals surface area contributed by atoms with E-state index in [9.17, 15) is 18.4 Å². The Labute approximate surface area is 199 Å². The molecule has 2 aromatic rings. The standard InChI is InChI=1S/C22H26F2IN3O4/c1-13-12-14(25)6-9-17(13)26-19-15(7-8-16(23)18(19)24)20(29)27-31-11-10-28(5)21(30)32-22(2,3)4/h6-9,12,26H,10-11H2,1-5H3,(H,27,29). The van der Waals surface area contributed by atoms with E-state index in [1.165, 1.54) is 11.9 Å². The number of hydrogen-bond acceptors (Lipinski definition) is 5. The molecule has 0 aromatic heterocycles. The van der Waals surface area contributed by atoms with E-state index in [2.05, 4.69) is 33.4 Å². The summed E-state index contributed by atoms with van der Waals surface area (Å²) in [5, 5.41) is 2.80. The Kier molecular flexibility index (Phi) is 8.79. The molecule has 0 atom stereocenters. The minimum absolute atomic E-state index is 0.0375. The van der Waals surface area contributed by atoms with Crippen LogP contribution in [-0.2, 0) is 9.57 Å². The second-order valence-electron chi connectivity index (χ2n) is 8.05. The lowest BCUT2D eigenvalue weighted by molar-refractivity contribution is 0.00886. The van der Waals surface area contributed by atoms with Crippen LogP contribution in [-0.4, -0.2) is 42.7 Å². The zero-order valence-electron chi connectivity index (χ0n) is 18.5. The molecule has 0 saturated heterocycles. The van der Waals surface area contributed by atoms with E-state index in [1.54, 1.807) is 32.9 Å². The summed E-state index contributed by atoms with van der Waals surface area (Å²) < 4.78 is 34.6. The summed E-state index contributed by atoms with van der Waals surface area (Å²) in [6.45, 7) is 7.16. The summed E-state index contributed by atoms with van der Waals surface area (Å²) >= 11 is 2.14. The highest BCUT2D eigenvalue weighted by Gasteiger charge is 2.21. The number of carbonyl (C=O) groups is 2. The number of hydroxylamine groups is 1. The van der Waals surface area contributed by atoms with Crippen molar-refractivity contribution in [1.82, 2.24) is 10.4 Å². The smallest absolute Gasteiger partial charge is 0.410 e. The molecule has 7 nitrogen and oxygen atoms in total. The Hall–Kier alpha value is -2.47. The molecule has 0 heterocycles. The molecule has 0 aliphatic heterocycles. The molecule has 0 unspecified atom stereocenters. The minimum Gasteiger partial charge on any atom is -0.444 e. The van der Waals surface area contributed by atoms with Gasteiger partial charge in [-0.05, 0) is 86.2 Å². The molecule has 2 N–H and O–H groups in total. The minimum atomic E-state index is -1.18. The van der Waals surface area contributed by atoms with Crippen LogP contribution in [0.1, 0.15) is 36.7 Å². The first-order chi connectivity index (χ1) is 14.9. The Morgan fingerprint density at radius 2 is 1.84 bits per heavy atom. The van der Waals surface area contributed by atoms with E-state index < -0.39 is 29.2 Å². The van der Waals surface area contributed by atoms with Crippen LogP contribution in [0.15, 0.2) is 30.3 Å². The number of anilines is 2. The lowest BCUT2D eigenvalue weighted by atomic mass is 10.1. The summed E-state index contributed by atoms with van der Waals surface area (Å²) in [6.07, 6.45) is -0.535. The number of carbonyl (C=O) groups excluding carboxylic acids is 2. The van der Waals surface area contributed by atoms with Gasteiger partial charge in [0.15, 0.2) is 11.6 Å². The zero-order chi connectivity index (χ0) is 24.1. The van der Waals surface area contributed by atoms with E-state index >= 15 is 0 Å². The van der Waals surface area contributed by atoms with Crippen LogP contribution in [0.2, 0.25) is 0 Å². The Bertz CT molecular complexity index is 996. The Morgan fingerprint density at radius 1 is 1.16 bits per heavy atom. The van der Waals surface area contributed by atoms with Crippen LogP contribution in [0.3, 0.4) is 0 Å². The van der Waals surface area contributed by atoms with Gasteiger partial charge in [-0.1, -0.05) is 0 Å². The summed E-state index contributed by atoms with van der Waals surface area (Å²) in [6, 6.07) is 7.41. The quantitative estimate of drug-likeness (QED) is 0.278. The van der Waals surface area contributed by atoms with Crippen molar-refractivity contribution in [2.75, 3.05) is 25.5 Å². The molecular weight excluding hydrogens is 535 g/mol. The second kappa shape index (κ2) is 10.9. The van der Waals surface area contributed by atoms with E-state index in [4.69, 9.17) is 9.57 Å². The van der Waals surface area contributed by atoms with E-state index in [0.717, 1.165) is 21.3 Å². The number of amides is 2. The Morgan fingerprint density at radius 3 is 2.47 bits per heavy atom. The summed E-state index contributed by atoms with van der Waals surface area (Å²) in [5.74, 6) is -3.04. The Balaban J connectivity index is 2.04. The molecule has 2 amide bonds. The summed E-state index contributed by atoms with van der Waals surface area (Å²) in [5.41, 5.74) is 2.45. The fourth-order valence-corrected chi connectivity index (χ4v) is 3.20. The van der Waals surface area contributed by atoms with Gasteiger partial charge in [-0.2, -0.15) is 0 Å². The van der Waals surface area contributed by atoms with E-state index in [-0.39, 0.29) is 24.4 Å². The van der Waals surface area contributed by atoms with Crippen molar-refractivity contribution in [3.63, 3.8) is 0 Å². The first-order valence-corrected chi connectivity index (χ1v) is 10.8. The number of benzene rings is 2. The fraction of sp³-hybridized carbons (Fsp3) is 0.364. The first-order valence-electron chi connectivity index (χ1n) is 9.76. The highest BCUT2D eigenvalue weighted by atomic mass is 127. The van der Waals surface area contributed by atoms with Gasteiger partial charge in [0.05, 0.1) is 17.9 Å². The molecule has 2 aromatic carbocycles. The molecule has 0 spiro atoms. The number of nitrogens with zero attached hydrogens (tertiary/aromatic N) is 1. The van der Waals surface area contributed by atoms with Crippen LogP contribution in [0, 0.1) is 22.1 Å². The SMILES string of the molecule is Cc1cc(I)ccc1Nc1c(C(=O)NOCCN(C)C(=O)OC(C)(C)C)ccc(F)c1F. The molecule has 0 aliphatic carbocycles. The van der Waals surface area contributed by atoms with Crippen molar-refractivity contribution < 1.29 is 27.9 Å². The molecule has 2 rings (SSSR count). The third kappa shape index (κ3) is 7.30. The molecule has 0 aliphatic rings. The molecule has 0 radical (unpaired) electrons. The van der Waals surface area contributed by atoms with Crippen molar-refractivity contribution in [3.8, 4) is 0 Å². The van der Waals surface area contributed by atoms with Crippen molar-refractivity contribution in [1.29, 1.82) is 0 Å². The molecule has 0 saturated carbocycles. The number of rotatable bonds is 7. The molecule has 32 heavy (non-hydrogen) atoms. The summed E-state index contributed by atoms with van der Waals surface area (Å²) in [4.78, 5) is 30.9. The fourth-order valence-electron chi connectivity index (χ4n) is 2.55. The molecule has 0 fully saturated rings. The molecule has 10 heteroatoms. The maximum atomic E-state index is 14.5. The number of hydrogen-bond donors (Lipinski definition) is 2. The van der Waals surface area contributed by atoms with Crippen molar-refractivity contribution in [2.45, 2.75) is 33.3 Å².